The van der Waals surface area contributed by atoms with E-state index in [9.17, 15) is 0 Å². The van der Waals surface area contributed by atoms with Crippen LogP contribution in [-0.2, 0) is 0 Å². The van der Waals surface area contributed by atoms with Gasteiger partial charge in [-0.15, -0.1) is 0 Å². The van der Waals surface area contributed by atoms with Gasteiger partial charge in [-0.1, -0.05) is 0 Å². The highest BCUT2D eigenvalue weighted by Gasteiger charge is 2.06. The standard InChI is InChI=1S/C12H8INO/c1-8-6-9(13)2-4-11(8)12-5-3-10(7-14)15-12/h2-6H,1H3. The first-order valence-corrected chi connectivity index (χ1v) is 5.55. The fourth-order valence-corrected chi connectivity index (χ4v) is 2.09. The highest BCUT2D eigenvalue weighted by atomic mass is 127. The molecule has 0 aliphatic carbocycles. The highest BCUT2D eigenvalue weighted by Crippen LogP contribution is 2.26. The Morgan fingerprint density at radius 3 is 2.67 bits per heavy atom. The van der Waals surface area contributed by atoms with E-state index in [0.29, 0.717) is 5.76 Å². The van der Waals surface area contributed by atoms with Crippen molar-refractivity contribution in [2.24, 2.45) is 0 Å². The van der Waals surface area contributed by atoms with E-state index in [-0.39, 0.29) is 0 Å². The zero-order valence-electron chi connectivity index (χ0n) is 8.12. The predicted octanol–water partition coefficient (Wildman–Crippen LogP) is 3.73. The second-order valence-corrected chi connectivity index (χ2v) is 4.48. The molecule has 1 aromatic carbocycles. The van der Waals surface area contributed by atoms with Crippen LogP contribution in [0.25, 0.3) is 11.3 Å². The van der Waals surface area contributed by atoms with Gasteiger partial charge in [0.1, 0.15) is 11.8 Å². The molecule has 0 atom stereocenters. The molecule has 0 bridgehead atoms. The van der Waals surface area contributed by atoms with Crippen molar-refractivity contribution in [2.45, 2.75) is 6.92 Å². The summed E-state index contributed by atoms with van der Waals surface area (Å²) in [6, 6.07) is 11.6. The Morgan fingerprint density at radius 2 is 2.07 bits per heavy atom. The molecule has 0 fully saturated rings. The molecular weight excluding hydrogens is 301 g/mol. The molecule has 0 spiro atoms. The zero-order chi connectivity index (χ0) is 10.8. The average molecular weight is 309 g/mol. The number of nitrogens with zero attached hydrogens (tertiary/aromatic N) is 1. The van der Waals surface area contributed by atoms with E-state index < -0.39 is 0 Å². The van der Waals surface area contributed by atoms with Gasteiger partial charge in [-0.2, -0.15) is 5.26 Å². The van der Waals surface area contributed by atoms with Crippen LogP contribution in [0.1, 0.15) is 11.3 Å². The molecule has 0 unspecified atom stereocenters. The summed E-state index contributed by atoms with van der Waals surface area (Å²) in [5.41, 5.74) is 2.19. The third-order valence-corrected chi connectivity index (χ3v) is 2.84. The average Bonchev–Trinajstić information content (AvgIpc) is 2.66. The Hall–Kier alpha value is -1.28. The summed E-state index contributed by atoms with van der Waals surface area (Å²) < 4.78 is 6.57. The van der Waals surface area contributed by atoms with Gasteiger partial charge >= 0.3 is 0 Å². The molecule has 0 N–H and O–H groups in total. The third-order valence-electron chi connectivity index (χ3n) is 2.17. The monoisotopic (exact) mass is 309 g/mol. The number of furan rings is 1. The zero-order valence-corrected chi connectivity index (χ0v) is 10.3. The van der Waals surface area contributed by atoms with Crippen LogP contribution in [0.5, 0.6) is 0 Å². The summed E-state index contributed by atoms with van der Waals surface area (Å²) in [4.78, 5) is 0. The second-order valence-electron chi connectivity index (χ2n) is 3.23. The molecular formula is C12H8INO. The molecule has 0 saturated carbocycles. The topological polar surface area (TPSA) is 36.9 Å². The lowest BCUT2D eigenvalue weighted by Gasteiger charge is -2.02. The van der Waals surface area contributed by atoms with Crippen molar-refractivity contribution in [3.8, 4) is 17.4 Å². The molecule has 0 saturated heterocycles. The van der Waals surface area contributed by atoms with Gasteiger partial charge in [0.15, 0.2) is 0 Å². The van der Waals surface area contributed by atoms with Crippen molar-refractivity contribution in [3.05, 3.63) is 45.2 Å². The van der Waals surface area contributed by atoms with E-state index in [0.717, 1.165) is 16.9 Å². The Balaban J connectivity index is 2.50. The van der Waals surface area contributed by atoms with Crippen LogP contribution in [0.3, 0.4) is 0 Å². The third kappa shape index (κ3) is 2.05. The molecule has 0 aliphatic heterocycles. The largest absolute Gasteiger partial charge is 0.446 e. The van der Waals surface area contributed by atoms with E-state index in [1.54, 1.807) is 6.07 Å². The lowest BCUT2D eigenvalue weighted by atomic mass is 10.1. The summed E-state index contributed by atoms with van der Waals surface area (Å²) in [5, 5.41) is 8.67. The van der Waals surface area contributed by atoms with Crippen LogP contribution < -0.4 is 0 Å². The SMILES string of the molecule is Cc1cc(I)ccc1-c1ccc(C#N)o1. The minimum Gasteiger partial charge on any atom is -0.446 e. The summed E-state index contributed by atoms with van der Waals surface area (Å²) in [7, 11) is 0. The minimum absolute atomic E-state index is 0.350. The molecule has 2 aromatic rings. The second kappa shape index (κ2) is 4.07. The van der Waals surface area contributed by atoms with Crippen LogP contribution in [0.2, 0.25) is 0 Å². The van der Waals surface area contributed by atoms with Crippen LogP contribution in [0.4, 0.5) is 0 Å². The van der Waals surface area contributed by atoms with Gasteiger partial charge in [-0.25, -0.2) is 0 Å². The maximum Gasteiger partial charge on any atom is 0.204 e. The van der Waals surface area contributed by atoms with Crippen molar-refractivity contribution < 1.29 is 4.42 Å². The fraction of sp³-hybridized carbons (Fsp3) is 0.0833. The first kappa shape index (κ1) is 10.2. The van der Waals surface area contributed by atoms with Gasteiger partial charge in [0.25, 0.3) is 0 Å². The number of nitriles is 1. The van der Waals surface area contributed by atoms with Crippen molar-refractivity contribution in [1.82, 2.24) is 0 Å². The van der Waals surface area contributed by atoms with Crippen LogP contribution >= 0.6 is 22.6 Å². The highest BCUT2D eigenvalue weighted by molar-refractivity contribution is 14.1. The molecule has 2 nitrogen and oxygen atoms in total. The normalized spacial score (nSPS) is 9.93. The fourth-order valence-electron chi connectivity index (χ4n) is 1.45. The molecule has 1 aromatic heterocycles. The maximum absolute atomic E-state index is 8.67. The predicted molar refractivity (Wildman–Crippen MR) is 66.3 cm³/mol. The van der Waals surface area contributed by atoms with Crippen molar-refractivity contribution in [3.63, 3.8) is 0 Å². The first-order chi connectivity index (χ1) is 7.20. The Bertz CT molecular complexity index is 537. The number of benzene rings is 1. The summed E-state index contributed by atoms with van der Waals surface area (Å²) in [5.74, 6) is 1.10. The molecule has 0 aliphatic rings. The van der Waals surface area contributed by atoms with Gasteiger partial charge < -0.3 is 4.42 Å². The number of hydrogen-bond donors (Lipinski definition) is 0. The van der Waals surface area contributed by atoms with Crippen molar-refractivity contribution >= 4 is 22.6 Å². The quantitative estimate of drug-likeness (QED) is 0.753. The van der Waals surface area contributed by atoms with Gasteiger partial charge in [-0.05, 0) is 65.4 Å². The Kier molecular flexibility index (Phi) is 2.78. The van der Waals surface area contributed by atoms with E-state index in [1.807, 2.05) is 31.2 Å². The lowest BCUT2D eigenvalue weighted by molar-refractivity contribution is 0.567. The number of halogens is 1. The number of hydrogen-bond acceptors (Lipinski definition) is 2. The van der Waals surface area contributed by atoms with Gasteiger partial charge in [-0.3, -0.25) is 0 Å². The number of aryl methyl sites for hydroxylation is 1. The summed E-state index contributed by atoms with van der Waals surface area (Å²) in [6.45, 7) is 2.03. The summed E-state index contributed by atoms with van der Waals surface area (Å²) >= 11 is 2.27. The molecule has 3 heteroatoms. The van der Waals surface area contributed by atoms with Gasteiger partial charge in [0.05, 0.1) is 0 Å². The van der Waals surface area contributed by atoms with Gasteiger partial charge in [0.2, 0.25) is 5.76 Å². The van der Waals surface area contributed by atoms with Gasteiger partial charge in [0, 0.05) is 9.13 Å². The Morgan fingerprint density at radius 1 is 1.27 bits per heavy atom. The molecule has 2 rings (SSSR count). The lowest BCUT2D eigenvalue weighted by Crippen LogP contribution is -1.82. The van der Waals surface area contributed by atoms with Crippen molar-refractivity contribution in [2.75, 3.05) is 0 Å². The van der Waals surface area contributed by atoms with E-state index >= 15 is 0 Å². The van der Waals surface area contributed by atoms with Crippen LogP contribution in [0, 0.1) is 21.8 Å². The first-order valence-electron chi connectivity index (χ1n) is 4.47. The molecule has 1 heterocycles. The van der Waals surface area contributed by atoms with E-state index in [4.69, 9.17) is 9.68 Å². The molecule has 15 heavy (non-hydrogen) atoms. The van der Waals surface area contributed by atoms with Crippen LogP contribution in [-0.4, -0.2) is 0 Å². The van der Waals surface area contributed by atoms with Crippen molar-refractivity contribution in [1.29, 1.82) is 5.26 Å². The molecule has 74 valence electrons. The van der Waals surface area contributed by atoms with E-state index in [1.165, 1.54) is 3.57 Å². The Labute approximate surface area is 102 Å². The smallest absolute Gasteiger partial charge is 0.204 e. The molecule has 0 amide bonds. The number of rotatable bonds is 1. The minimum atomic E-state index is 0.350. The van der Waals surface area contributed by atoms with Crippen LogP contribution in [0.15, 0.2) is 34.7 Å². The summed E-state index contributed by atoms with van der Waals surface area (Å²) in [6.07, 6.45) is 0. The van der Waals surface area contributed by atoms with E-state index in [2.05, 4.69) is 28.7 Å². The maximum atomic E-state index is 8.67. The molecule has 0 radical (unpaired) electrons.